The molecule has 0 unspecified atom stereocenters. The summed E-state index contributed by atoms with van der Waals surface area (Å²) in [4.78, 5) is 0. The van der Waals surface area contributed by atoms with E-state index in [0.717, 1.165) is 28.5 Å². The van der Waals surface area contributed by atoms with Crippen molar-refractivity contribution in [1.82, 2.24) is 5.01 Å². The number of hydrogen-bond donors (Lipinski definition) is 1. The first-order chi connectivity index (χ1) is 10.2. The van der Waals surface area contributed by atoms with Crippen LogP contribution in [0.25, 0.3) is 0 Å². The van der Waals surface area contributed by atoms with Crippen molar-refractivity contribution < 1.29 is 0 Å². The van der Waals surface area contributed by atoms with Gasteiger partial charge in [0.1, 0.15) is 0 Å². The normalized spacial score (nSPS) is 16.9. The summed E-state index contributed by atoms with van der Waals surface area (Å²) in [5.41, 5.74) is 3.17. The summed E-state index contributed by atoms with van der Waals surface area (Å²) in [5, 5.41) is 11.1. The first-order valence-corrected chi connectivity index (χ1v) is 8.33. The minimum atomic E-state index is 0.593. The lowest BCUT2D eigenvalue weighted by Gasteiger charge is -2.32. The zero-order chi connectivity index (χ0) is 15.2. The molecule has 0 aromatic heterocycles. The number of hydrogen-bond acceptors (Lipinski definition) is 3. The van der Waals surface area contributed by atoms with E-state index in [1.165, 1.54) is 32.1 Å². The van der Waals surface area contributed by atoms with Gasteiger partial charge < -0.3 is 5.32 Å². The molecule has 21 heavy (non-hydrogen) atoms. The van der Waals surface area contributed by atoms with Crippen molar-refractivity contribution in [3.05, 3.63) is 28.8 Å². The summed E-state index contributed by atoms with van der Waals surface area (Å²) in [6.45, 7) is 5.21. The number of benzene rings is 1. The average molecular weight is 308 g/mol. The third kappa shape index (κ3) is 4.13. The van der Waals surface area contributed by atoms with E-state index in [4.69, 9.17) is 16.7 Å². The van der Waals surface area contributed by atoms with Crippen LogP contribution in [0.2, 0.25) is 5.02 Å². The summed E-state index contributed by atoms with van der Waals surface area (Å²) in [6, 6.07) is 6.49. The van der Waals surface area contributed by atoms with Gasteiger partial charge in [-0.05, 0) is 44.9 Å². The Morgan fingerprint density at radius 2 is 2.05 bits per heavy atom. The van der Waals surface area contributed by atoms with E-state index in [1.54, 1.807) is 0 Å². The smallest absolute Gasteiger partial charge is 0.0668 e. The molecule has 0 heterocycles. The van der Waals surface area contributed by atoms with Gasteiger partial charge in [0.05, 0.1) is 5.71 Å². The molecule has 0 spiro atoms. The molecule has 0 bridgehead atoms. The summed E-state index contributed by atoms with van der Waals surface area (Å²) >= 11 is 6.14. The van der Waals surface area contributed by atoms with Crippen molar-refractivity contribution in [2.75, 3.05) is 18.9 Å². The second-order valence-electron chi connectivity index (χ2n) is 5.67. The predicted octanol–water partition coefficient (Wildman–Crippen LogP) is 4.76. The molecule has 1 fully saturated rings. The lowest BCUT2D eigenvalue weighted by atomic mass is 9.95. The molecule has 0 amide bonds. The van der Waals surface area contributed by atoms with Crippen molar-refractivity contribution in [2.45, 2.75) is 52.0 Å². The Bertz CT molecular complexity index is 493. The SMILES string of the molecule is CCN(/N=C(\C)c1cc(Cl)ccc1NC)C1CCCCC1. The van der Waals surface area contributed by atoms with E-state index >= 15 is 0 Å². The first kappa shape index (κ1) is 16.2. The quantitative estimate of drug-likeness (QED) is 0.627. The lowest BCUT2D eigenvalue weighted by Crippen LogP contribution is -2.33. The Morgan fingerprint density at radius 1 is 1.33 bits per heavy atom. The topological polar surface area (TPSA) is 27.6 Å². The van der Waals surface area contributed by atoms with Crippen LogP contribution in [0.1, 0.15) is 51.5 Å². The van der Waals surface area contributed by atoms with Crippen molar-refractivity contribution in [2.24, 2.45) is 5.10 Å². The van der Waals surface area contributed by atoms with Crippen molar-refractivity contribution in [3.8, 4) is 0 Å². The van der Waals surface area contributed by atoms with Crippen molar-refractivity contribution in [1.29, 1.82) is 0 Å². The van der Waals surface area contributed by atoms with Crippen molar-refractivity contribution >= 4 is 23.0 Å². The molecule has 1 N–H and O–H groups in total. The fourth-order valence-electron chi connectivity index (χ4n) is 3.07. The van der Waals surface area contributed by atoms with E-state index in [1.807, 2.05) is 25.2 Å². The first-order valence-electron chi connectivity index (χ1n) is 7.95. The Labute approximate surface area is 133 Å². The third-order valence-electron chi connectivity index (χ3n) is 4.24. The van der Waals surface area contributed by atoms with Crippen LogP contribution in [0.5, 0.6) is 0 Å². The molecule has 1 aromatic rings. The lowest BCUT2D eigenvalue weighted by molar-refractivity contribution is 0.170. The zero-order valence-corrected chi connectivity index (χ0v) is 14.1. The zero-order valence-electron chi connectivity index (χ0n) is 13.3. The molecule has 3 nitrogen and oxygen atoms in total. The molecule has 0 saturated heterocycles. The van der Waals surface area contributed by atoms with Gasteiger partial charge in [0.2, 0.25) is 0 Å². The van der Waals surface area contributed by atoms with Crippen LogP contribution in [0.15, 0.2) is 23.3 Å². The van der Waals surface area contributed by atoms with Gasteiger partial charge in [-0.3, -0.25) is 5.01 Å². The minimum Gasteiger partial charge on any atom is -0.388 e. The number of anilines is 1. The molecule has 0 atom stereocenters. The highest BCUT2D eigenvalue weighted by Crippen LogP contribution is 2.25. The summed E-state index contributed by atoms with van der Waals surface area (Å²) in [5.74, 6) is 0. The predicted molar refractivity (Wildman–Crippen MR) is 92.5 cm³/mol. The van der Waals surface area contributed by atoms with E-state index in [0.29, 0.717) is 6.04 Å². The Balaban J connectivity index is 2.23. The summed E-state index contributed by atoms with van der Waals surface area (Å²) in [6.07, 6.45) is 6.55. The largest absolute Gasteiger partial charge is 0.388 e. The van der Waals surface area contributed by atoms with Gasteiger partial charge in [-0.15, -0.1) is 0 Å². The monoisotopic (exact) mass is 307 g/mol. The molecule has 1 aliphatic carbocycles. The number of nitrogens with zero attached hydrogens (tertiary/aromatic N) is 2. The van der Waals surface area contributed by atoms with E-state index in [9.17, 15) is 0 Å². The Hall–Kier alpha value is -1.22. The van der Waals surface area contributed by atoms with Gasteiger partial charge in [0, 0.05) is 35.9 Å². The molecule has 0 aliphatic heterocycles. The fraction of sp³-hybridized carbons (Fsp3) is 0.588. The van der Waals surface area contributed by atoms with Crippen LogP contribution in [0.3, 0.4) is 0 Å². The van der Waals surface area contributed by atoms with Gasteiger partial charge in [-0.1, -0.05) is 30.9 Å². The standard InChI is InChI=1S/C17H26ClN3/c1-4-21(15-8-6-5-7-9-15)20-13(2)16-12-14(18)10-11-17(16)19-3/h10-12,15,19H,4-9H2,1-3H3/b20-13+. The summed E-state index contributed by atoms with van der Waals surface area (Å²) in [7, 11) is 1.93. The molecule has 1 aromatic carbocycles. The number of hydrazone groups is 1. The Kier molecular flexibility index (Phi) is 5.92. The average Bonchev–Trinajstić information content (AvgIpc) is 2.53. The highest BCUT2D eigenvalue weighted by Gasteiger charge is 2.19. The van der Waals surface area contributed by atoms with Crippen LogP contribution < -0.4 is 5.32 Å². The van der Waals surface area contributed by atoms with E-state index < -0.39 is 0 Å². The molecular formula is C17H26ClN3. The summed E-state index contributed by atoms with van der Waals surface area (Å²) < 4.78 is 0. The molecule has 1 saturated carbocycles. The number of halogens is 1. The second-order valence-corrected chi connectivity index (χ2v) is 6.11. The van der Waals surface area contributed by atoms with Crippen molar-refractivity contribution in [3.63, 3.8) is 0 Å². The van der Waals surface area contributed by atoms with Crippen LogP contribution in [-0.2, 0) is 0 Å². The highest BCUT2D eigenvalue weighted by molar-refractivity contribution is 6.31. The minimum absolute atomic E-state index is 0.593. The molecule has 0 radical (unpaired) electrons. The van der Waals surface area contributed by atoms with Gasteiger partial charge in [-0.25, -0.2) is 0 Å². The van der Waals surface area contributed by atoms with Gasteiger partial charge >= 0.3 is 0 Å². The second kappa shape index (κ2) is 7.69. The van der Waals surface area contributed by atoms with Gasteiger partial charge in [-0.2, -0.15) is 5.10 Å². The third-order valence-corrected chi connectivity index (χ3v) is 4.47. The van der Waals surface area contributed by atoms with Crippen LogP contribution in [0.4, 0.5) is 5.69 Å². The number of rotatable bonds is 5. The van der Waals surface area contributed by atoms with E-state index in [2.05, 4.69) is 24.2 Å². The molecule has 2 rings (SSSR count). The van der Waals surface area contributed by atoms with E-state index in [-0.39, 0.29) is 0 Å². The van der Waals surface area contributed by atoms with Gasteiger partial charge in [0.25, 0.3) is 0 Å². The van der Waals surface area contributed by atoms with Gasteiger partial charge in [0.15, 0.2) is 0 Å². The fourth-order valence-corrected chi connectivity index (χ4v) is 3.24. The highest BCUT2D eigenvalue weighted by atomic mass is 35.5. The molecule has 4 heteroatoms. The van der Waals surface area contributed by atoms with Crippen LogP contribution in [0, 0.1) is 0 Å². The number of nitrogens with one attached hydrogen (secondary N) is 1. The Morgan fingerprint density at radius 3 is 2.67 bits per heavy atom. The maximum absolute atomic E-state index is 6.14. The molecular weight excluding hydrogens is 282 g/mol. The molecule has 1 aliphatic rings. The van der Waals surface area contributed by atoms with Crippen LogP contribution in [-0.4, -0.2) is 30.4 Å². The maximum Gasteiger partial charge on any atom is 0.0668 e. The maximum atomic E-state index is 6.14. The van der Waals surface area contributed by atoms with Crippen LogP contribution >= 0.6 is 11.6 Å². The molecule has 116 valence electrons.